The molecule has 3 aromatic carbocycles. The quantitative estimate of drug-likeness (QED) is 0.325. The number of ether oxygens (including phenoxy) is 1. The van der Waals surface area contributed by atoms with Gasteiger partial charge in [-0.15, -0.1) is 13.2 Å². The number of amides is 2. The van der Waals surface area contributed by atoms with Gasteiger partial charge in [0, 0.05) is 29.0 Å². The maximum Gasteiger partial charge on any atom is 0.573 e. The third-order valence-corrected chi connectivity index (χ3v) is 5.59. The Kier molecular flexibility index (Phi) is 8.04. The Labute approximate surface area is 209 Å². The first kappa shape index (κ1) is 26.5. The summed E-state index contributed by atoms with van der Waals surface area (Å²) in [5.74, 6) is -0.472. The van der Waals surface area contributed by atoms with Gasteiger partial charge in [-0.3, -0.25) is 4.72 Å². The van der Waals surface area contributed by atoms with Crippen LogP contribution >= 0.6 is 23.2 Å². The van der Waals surface area contributed by atoms with E-state index in [0.29, 0.717) is 11.3 Å². The van der Waals surface area contributed by atoms with Crippen LogP contribution in [0.15, 0.2) is 60.7 Å². The molecule has 0 heterocycles. The summed E-state index contributed by atoms with van der Waals surface area (Å²) in [6.45, 7) is 0.132. The fourth-order valence-electron chi connectivity index (χ4n) is 3.05. The van der Waals surface area contributed by atoms with Gasteiger partial charge in [-0.05, 0) is 35.9 Å². The van der Waals surface area contributed by atoms with Gasteiger partial charge in [0.2, 0.25) is 10.0 Å². The van der Waals surface area contributed by atoms with E-state index in [1.54, 1.807) is 24.3 Å². The Morgan fingerprint density at radius 1 is 0.971 bits per heavy atom. The largest absolute Gasteiger partial charge is 0.573 e. The summed E-state index contributed by atoms with van der Waals surface area (Å²) in [6, 6.07) is 13.9. The highest BCUT2D eigenvalue weighted by Gasteiger charge is 2.32. The van der Waals surface area contributed by atoms with E-state index in [-0.39, 0.29) is 33.4 Å². The summed E-state index contributed by atoms with van der Waals surface area (Å²) in [5.41, 5.74) is 1.44. The average molecular weight is 548 g/mol. The number of urea groups is 1. The number of para-hydroxylation sites is 1. The van der Waals surface area contributed by atoms with Crippen LogP contribution in [0.25, 0.3) is 11.1 Å². The fraction of sp³-hybridized carbons (Fsp3) is 0.136. The molecule has 0 aromatic heterocycles. The van der Waals surface area contributed by atoms with Crippen LogP contribution in [0.1, 0.15) is 5.56 Å². The SMILES string of the molecule is CS(=O)(=O)Nc1ccc(CNC(=O)Nc2cc(Cl)c(-c3ccccc3OC(F)(F)F)c(Cl)c2)cc1. The molecule has 3 N–H and O–H groups in total. The van der Waals surface area contributed by atoms with Crippen molar-refractivity contribution in [2.24, 2.45) is 0 Å². The number of carbonyl (C=O) groups excluding carboxylic acids is 1. The normalized spacial score (nSPS) is 11.6. The molecule has 7 nitrogen and oxygen atoms in total. The lowest BCUT2D eigenvalue weighted by atomic mass is 10.0. The Morgan fingerprint density at radius 3 is 2.14 bits per heavy atom. The van der Waals surface area contributed by atoms with Gasteiger partial charge in [-0.25, -0.2) is 13.2 Å². The Bertz CT molecular complexity index is 1310. The highest BCUT2D eigenvalue weighted by atomic mass is 35.5. The molecule has 0 aliphatic rings. The average Bonchev–Trinajstić information content (AvgIpc) is 2.72. The van der Waals surface area contributed by atoms with Crippen LogP contribution in [0.5, 0.6) is 5.75 Å². The molecule has 3 rings (SSSR count). The maximum atomic E-state index is 12.8. The van der Waals surface area contributed by atoms with Gasteiger partial charge in [0.15, 0.2) is 0 Å². The number of hydrogen-bond donors (Lipinski definition) is 3. The van der Waals surface area contributed by atoms with Gasteiger partial charge in [0.1, 0.15) is 5.75 Å². The van der Waals surface area contributed by atoms with Crippen molar-refractivity contribution in [1.82, 2.24) is 5.32 Å². The zero-order valence-electron chi connectivity index (χ0n) is 17.9. The lowest BCUT2D eigenvalue weighted by Crippen LogP contribution is -2.28. The van der Waals surface area contributed by atoms with Gasteiger partial charge in [0.05, 0.1) is 16.3 Å². The van der Waals surface area contributed by atoms with Crippen molar-refractivity contribution in [3.63, 3.8) is 0 Å². The van der Waals surface area contributed by atoms with Crippen LogP contribution in [0.2, 0.25) is 10.0 Å². The lowest BCUT2D eigenvalue weighted by Gasteiger charge is -2.16. The van der Waals surface area contributed by atoms with Gasteiger partial charge >= 0.3 is 12.4 Å². The molecule has 186 valence electrons. The van der Waals surface area contributed by atoms with Crippen LogP contribution in [-0.2, 0) is 16.6 Å². The molecule has 0 bridgehead atoms. The molecular weight excluding hydrogens is 530 g/mol. The van der Waals surface area contributed by atoms with Gasteiger partial charge in [-0.2, -0.15) is 0 Å². The molecule has 0 spiro atoms. The zero-order valence-corrected chi connectivity index (χ0v) is 20.2. The van der Waals surface area contributed by atoms with Gasteiger partial charge < -0.3 is 15.4 Å². The van der Waals surface area contributed by atoms with E-state index < -0.39 is 28.2 Å². The summed E-state index contributed by atoms with van der Waals surface area (Å²) in [5, 5.41) is 5.16. The van der Waals surface area contributed by atoms with E-state index in [2.05, 4.69) is 20.1 Å². The minimum atomic E-state index is -4.90. The summed E-state index contributed by atoms with van der Waals surface area (Å²) in [6.07, 6.45) is -3.87. The monoisotopic (exact) mass is 547 g/mol. The first-order valence-electron chi connectivity index (χ1n) is 9.76. The van der Waals surface area contributed by atoms with Crippen molar-refractivity contribution >= 4 is 50.6 Å². The minimum Gasteiger partial charge on any atom is -0.405 e. The predicted octanol–water partition coefficient (Wildman–Crippen LogP) is 6.25. The van der Waals surface area contributed by atoms with E-state index in [0.717, 1.165) is 12.3 Å². The third kappa shape index (κ3) is 7.94. The number of rotatable bonds is 7. The van der Waals surface area contributed by atoms with Crippen molar-refractivity contribution in [2.75, 3.05) is 16.3 Å². The number of benzene rings is 3. The smallest absolute Gasteiger partial charge is 0.405 e. The van der Waals surface area contributed by atoms with E-state index in [4.69, 9.17) is 23.2 Å². The number of sulfonamides is 1. The lowest BCUT2D eigenvalue weighted by molar-refractivity contribution is -0.274. The topological polar surface area (TPSA) is 96.5 Å². The Hall–Kier alpha value is -3.15. The third-order valence-electron chi connectivity index (χ3n) is 4.39. The van der Waals surface area contributed by atoms with Crippen LogP contribution < -0.4 is 20.1 Å². The van der Waals surface area contributed by atoms with Crippen molar-refractivity contribution < 1.29 is 31.1 Å². The Morgan fingerprint density at radius 2 is 1.57 bits per heavy atom. The summed E-state index contributed by atoms with van der Waals surface area (Å²) >= 11 is 12.6. The van der Waals surface area contributed by atoms with Crippen molar-refractivity contribution in [3.8, 4) is 16.9 Å². The number of nitrogens with one attached hydrogen (secondary N) is 3. The van der Waals surface area contributed by atoms with Crippen LogP contribution in [0.3, 0.4) is 0 Å². The van der Waals surface area contributed by atoms with Crippen LogP contribution in [0, 0.1) is 0 Å². The zero-order chi connectivity index (χ0) is 25.8. The molecule has 0 aliphatic heterocycles. The Balaban J connectivity index is 1.69. The van der Waals surface area contributed by atoms with Crippen LogP contribution in [-0.4, -0.2) is 27.1 Å². The number of anilines is 2. The van der Waals surface area contributed by atoms with E-state index in [1.807, 2.05) is 0 Å². The molecule has 0 unspecified atom stereocenters. The summed E-state index contributed by atoms with van der Waals surface area (Å²) < 4.78 is 67.2. The molecule has 0 radical (unpaired) electrons. The standard InChI is InChI=1S/C22H18Cl2F3N3O4S/c1-35(32,33)30-14-8-6-13(7-9-14)12-28-21(31)29-15-10-17(23)20(18(24)11-15)16-4-2-3-5-19(16)34-22(25,26)27/h2-11,30H,12H2,1H3,(H2,28,29,31). The molecule has 2 amide bonds. The second-order valence-corrected chi connectivity index (χ2v) is 9.80. The first-order valence-corrected chi connectivity index (χ1v) is 12.4. The molecule has 0 atom stereocenters. The second-order valence-electron chi connectivity index (χ2n) is 7.24. The van der Waals surface area contributed by atoms with Gasteiger partial charge in [0.25, 0.3) is 0 Å². The predicted molar refractivity (Wildman–Crippen MR) is 129 cm³/mol. The minimum absolute atomic E-state index is 0.00000951. The summed E-state index contributed by atoms with van der Waals surface area (Å²) in [4.78, 5) is 12.3. The molecule has 0 saturated heterocycles. The molecule has 13 heteroatoms. The number of halogens is 5. The van der Waals surface area contributed by atoms with Crippen molar-refractivity contribution in [3.05, 3.63) is 76.3 Å². The van der Waals surface area contributed by atoms with Crippen LogP contribution in [0.4, 0.5) is 29.3 Å². The van der Waals surface area contributed by atoms with E-state index in [9.17, 15) is 26.4 Å². The maximum absolute atomic E-state index is 12.8. The van der Waals surface area contributed by atoms with Crippen molar-refractivity contribution in [2.45, 2.75) is 12.9 Å². The first-order chi connectivity index (χ1) is 16.3. The number of hydrogen-bond acceptors (Lipinski definition) is 4. The summed E-state index contributed by atoms with van der Waals surface area (Å²) in [7, 11) is -3.40. The highest BCUT2D eigenvalue weighted by molar-refractivity contribution is 7.92. The number of carbonyl (C=O) groups is 1. The fourth-order valence-corrected chi connectivity index (χ4v) is 4.31. The molecular formula is C22H18Cl2F3N3O4S. The highest BCUT2D eigenvalue weighted by Crippen LogP contribution is 2.42. The molecule has 3 aromatic rings. The molecule has 0 saturated carbocycles. The van der Waals surface area contributed by atoms with Crippen molar-refractivity contribution in [1.29, 1.82) is 0 Å². The van der Waals surface area contributed by atoms with E-state index in [1.165, 1.54) is 30.3 Å². The van der Waals surface area contributed by atoms with Gasteiger partial charge in [-0.1, -0.05) is 53.5 Å². The number of alkyl halides is 3. The molecule has 35 heavy (non-hydrogen) atoms. The second kappa shape index (κ2) is 10.6. The molecule has 0 aliphatic carbocycles. The molecule has 0 fully saturated rings. The van der Waals surface area contributed by atoms with E-state index >= 15 is 0 Å².